The highest BCUT2D eigenvalue weighted by Crippen LogP contribution is 2.19. The van der Waals surface area contributed by atoms with E-state index in [9.17, 15) is 4.39 Å². The molecule has 0 amide bonds. The lowest BCUT2D eigenvalue weighted by molar-refractivity contribution is 0.102. The van der Waals surface area contributed by atoms with Crippen molar-refractivity contribution in [2.75, 3.05) is 19.6 Å². The van der Waals surface area contributed by atoms with Crippen LogP contribution in [0.15, 0.2) is 12.7 Å². The largest absolute Gasteiger partial charge is 0.297 e. The molecule has 11 heavy (non-hydrogen) atoms. The van der Waals surface area contributed by atoms with Gasteiger partial charge in [0, 0.05) is 13.1 Å². The summed E-state index contributed by atoms with van der Waals surface area (Å²) < 4.78 is 13.1. The number of alkyl halides is 1. The van der Waals surface area contributed by atoms with Crippen LogP contribution < -0.4 is 0 Å². The monoisotopic (exact) mass is 157 g/mol. The van der Waals surface area contributed by atoms with Crippen LogP contribution in [0.3, 0.4) is 0 Å². The fourth-order valence-electron chi connectivity index (χ4n) is 1.43. The lowest BCUT2D eigenvalue weighted by atomic mass is 9.97. The highest BCUT2D eigenvalue weighted by atomic mass is 19.1. The first kappa shape index (κ1) is 8.72. The molecule has 64 valence electrons. The molecule has 0 aromatic carbocycles. The SMILES string of the molecule is C=CCN1CCC(C)C(F)C1. The molecule has 0 saturated carbocycles. The van der Waals surface area contributed by atoms with Crippen molar-refractivity contribution in [2.24, 2.45) is 5.92 Å². The summed E-state index contributed by atoms with van der Waals surface area (Å²) in [6.45, 7) is 8.06. The zero-order chi connectivity index (χ0) is 8.27. The third kappa shape index (κ3) is 2.29. The van der Waals surface area contributed by atoms with Crippen molar-refractivity contribution in [3.8, 4) is 0 Å². The van der Waals surface area contributed by atoms with Crippen molar-refractivity contribution >= 4 is 0 Å². The van der Waals surface area contributed by atoms with Crippen LogP contribution in [-0.4, -0.2) is 30.7 Å². The van der Waals surface area contributed by atoms with Crippen LogP contribution in [0.2, 0.25) is 0 Å². The number of nitrogens with zero attached hydrogens (tertiary/aromatic N) is 1. The van der Waals surface area contributed by atoms with Crippen LogP contribution in [0.4, 0.5) is 4.39 Å². The smallest absolute Gasteiger partial charge is 0.115 e. The third-order valence-corrected chi connectivity index (χ3v) is 2.34. The minimum absolute atomic E-state index is 0.246. The fourth-order valence-corrected chi connectivity index (χ4v) is 1.43. The molecule has 1 fully saturated rings. The number of hydrogen-bond acceptors (Lipinski definition) is 1. The van der Waals surface area contributed by atoms with E-state index in [0.29, 0.717) is 6.54 Å². The van der Waals surface area contributed by atoms with Gasteiger partial charge in [0.15, 0.2) is 0 Å². The second-order valence-electron chi connectivity index (χ2n) is 3.33. The summed E-state index contributed by atoms with van der Waals surface area (Å²) in [4.78, 5) is 2.11. The molecular weight excluding hydrogens is 141 g/mol. The Morgan fingerprint density at radius 2 is 2.45 bits per heavy atom. The van der Waals surface area contributed by atoms with Crippen LogP contribution in [0.1, 0.15) is 13.3 Å². The molecule has 1 nitrogen and oxygen atoms in total. The molecule has 1 saturated heterocycles. The van der Waals surface area contributed by atoms with E-state index in [-0.39, 0.29) is 5.92 Å². The van der Waals surface area contributed by atoms with E-state index in [0.717, 1.165) is 19.5 Å². The molecule has 0 N–H and O–H groups in total. The zero-order valence-electron chi connectivity index (χ0n) is 7.09. The van der Waals surface area contributed by atoms with Gasteiger partial charge in [-0.1, -0.05) is 13.0 Å². The van der Waals surface area contributed by atoms with Crippen molar-refractivity contribution in [2.45, 2.75) is 19.5 Å². The molecule has 1 heterocycles. The number of hydrogen-bond donors (Lipinski definition) is 0. The van der Waals surface area contributed by atoms with Gasteiger partial charge in [-0.3, -0.25) is 4.90 Å². The fraction of sp³-hybridized carbons (Fsp3) is 0.778. The number of likely N-dealkylation sites (tertiary alicyclic amines) is 1. The summed E-state index contributed by atoms with van der Waals surface area (Å²) in [6.07, 6.45) is 2.18. The molecule has 1 aliphatic rings. The maximum Gasteiger partial charge on any atom is 0.115 e. The standard InChI is InChI=1S/C9H16FN/c1-3-5-11-6-4-8(2)9(10)7-11/h3,8-9H,1,4-7H2,2H3. The summed E-state index contributed by atoms with van der Waals surface area (Å²) >= 11 is 0. The molecule has 2 unspecified atom stereocenters. The van der Waals surface area contributed by atoms with E-state index in [1.807, 2.05) is 13.0 Å². The second-order valence-corrected chi connectivity index (χ2v) is 3.33. The number of piperidine rings is 1. The Morgan fingerprint density at radius 1 is 1.73 bits per heavy atom. The van der Waals surface area contributed by atoms with Crippen LogP contribution in [0, 0.1) is 5.92 Å². The first-order chi connectivity index (χ1) is 5.24. The lowest BCUT2D eigenvalue weighted by Crippen LogP contribution is -2.40. The van der Waals surface area contributed by atoms with Gasteiger partial charge in [-0.15, -0.1) is 6.58 Å². The maximum atomic E-state index is 13.1. The molecule has 0 radical (unpaired) electrons. The molecule has 2 heteroatoms. The Kier molecular flexibility index (Phi) is 3.06. The van der Waals surface area contributed by atoms with Crippen molar-refractivity contribution in [1.29, 1.82) is 0 Å². The normalized spacial score (nSPS) is 33.6. The molecule has 0 aromatic heterocycles. The van der Waals surface area contributed by atoms with Crippen LogP contribution in [0.25, 0.3) is 0 Å². The molecule has 0 bridgehead atoms. The molecule has 0 spiro atoms. The van der Waals surface area contributed by atoms with Crippen molar-refractivity contribution in [3.63, 3.8) is 0 Å². The summed E-state index contributed by atoms with van der Waals surface area (Å²) in [5.41, 5.74) is 0. The number of rotatable bonds is 2. The van der Waals surface area contributed by atoms with Gasteiger partial charge < -0.3 is 0 Å². The Labute approximate surface area is 67.9 Å². The molecule has 1 rings (SSSR count). The van der Waals surface area contributed by atoms with E-state index in [1.54, 1.807) is 0 Å². The van der Waals surface area contributed by atoms with E-state index in [2.05, 4.69) is 11.5 Å². The first-order valence-electron chi connectivity index (χ1n) is 4.21. The van der Waals surface area contributed by atoms with Crippen LogP contribution in [-0.2, 0) is 0 Å². The second kappa shape index (κ2) is 3.86. The minimum atomic E-state index is -0.635. The third-order valence-electron chi connectivity index (χ3n) is 2.34. The van der Waals surface area contributed by atoms with Crippen molar-refractivity contribution < 1.29 is 4.39 Å². The van der Waals surface area contributed by atoms with Crippen LogP contribution in [0.5, 0.6) is 0 Å². The molecule has 2 atom stereocenters. The highest BCUT2D eigenvalue weighted by molar-refractivity contribution is 4.81. The highest BCUT2D eigenvalue weighted by Gasteiger charge is 2.24. The van der Waals surface area contributed by atoms with Gasteiger partial charge in [-0.25, -0.2) is 4.39 Å². The van der Waals surface area contributed by atoms with Gasteiger partial charge in [0.25, 0.3) is 0 Å². The topological polar surface area (TPSA) is 3.24 Å². The van der Waals surface area contributed by atoms with E-state index in [4.69, 9.17) is 0 Å². The van der Waals surface area contributed by atoms with Crippen molar-refractivity contribution in [1.82, 2.24) is 4.90 Å². The average Bonchev–Trinajstić information content (AvgIpc) is 1.98. The van der Waals surface area contributed by atoms with Gasteiger partial charge in [0.2, 0.25) is 0 Å². The Bertz CT molecular complexity index is 136. The average molecular weight is 157 g/mol. The Hall–Kier alpha value is -0.370. The van der Waals surface area contributed by atoms with Gasteiger partial charge in [0.05, 0.1) is 0 Å². The molecule has 0 aromatic rings. The Balaban J connectivity index is 2.33. The van der Waals surface area contributed by atoms with Gasteiger partial charge >= 0.3 is 0 Å². The lowest BCUT2D eigenvalue weighted by Gasteiger charge is -2.31. The first-order valence-corrected chi connectivity index (χ1v) is 4.21. The van der Waals surface area contributed by atoms with E-state index in [1.165, 1.54) is 0 Å². The molecule has 0 aliphatic carbocycles. The zero-order valence-corrected chi connectivity index (χ0v) is 7.09. The van der Waals surface area contributed by atoms with Gasteiger partial charge in [-0.05, 0) is 18.9 Å². The number of halogens is 1. The van der Waals surface area contributed by atoms with Gasteiger partial charge in [0.1, 0.15) is 6.17 Å². The summed E-state index contributed by atoms with van der Waals surface area (Å²) in [5, 5.41) is 0. The minimum Gasteiger partial charge on any atom is -0.297 e. The quantitative estimate of drug-likeness (QED) is 0.553. The maximum absolute atomic E-state index is 13.1. The van der Waals surface area contributed by atoms with Gasteiger partial charge in [-0.2, -0.15) is 0 Å². The van der Waals surface area contributed by atoms with E-state index >= 15 is 0 Å². The summed E-state index contributed by atoms with van der Waals surface area (Å²) in [6, 6.07) is 0. The predicted molar refractivity (Wildman–Crippen MR) is 45.3 cm³/mol. The summed E-state index contributed by atoms with van der Waals surface area (Å²) in [5.74, 6) is 0.246. The van der Waals surface area contributed by atoms with E-state index < -0.39 is 6.17 Å². The molecule has 1 aliphatic heterocycles. The predicted octanol–water partition coefficient (Wildman–Crippen LogP) is 1.85. The summed E-state index contributed by atoms with van der Waals surface area (Å²) in [7, 11) is 0. The van der Waals surface area contributed by atoms with Crippen LogP contribution >= 0.6 is 0 Å². The van der Waals surface area contributed by atoms with Crippen molar-refractivity contribution in [3.05, 3.63) is 12.7 Å². The molecular formula is C9H16FN. The Morgan fingerprint density at radius 3 is 3.00 bits per heavy atom.